The normalized spacial score (nSPS) is 14.8. The number of hydrogen-bond donors (Lipinski definition) is 2. The van der Waals surface area contributed by atoms with Crippen LogP contribution in [-0.2, 0) is 24.4 Å². The van der Waals surface area contributed by atoms with Gasteiger partial charge in [0.1, 0.15) is 0 Å². The molecule has 1 saturated heterocycles. The van der Waals surface area contributed by atoms with Gasteiger partial charge >= 0.3 is 0 Å². The highest BCUT2D eigenvalue weighted by molar-refractivity contribution is 5.79. The van der Waals surface area contributed by atoms with Crippen molar-refractivity contribution >= 4 is 11.9 Å². The standard InChI is InChI=1S/C21H29N5O2/c1-15(2)19-11-18(28-25-19)13-24-21(22-3)23-12-16-6-8-17(9-7-16)14-26-10-4-5-20(26)27/h6-9,11,15H,4-5,10,12-14H2,1-3H3,(H2,22,23,24). The van der Waals surface area contributed by atoms with Crippen molar-refractivity contribution in [1.29, 1.82) is 0 Å². The lowest BCUT2D eigenvalue weighted by Crippen LogP contribution is -2.36. The van der Waals surface area contributed by atoms with Crippen molar-refractivity contribution < 1.29 is 9.32 Å². The summed E-state index contributed by atoms with van der Waals surface area (Å²) < 4.78 is 5.34. The summed E-state index contributed by atoms with van der Waals surface area (Å²) in [7, 11) is 1.74. The van der Waals surface area contributed by atoms with Gasteiger partial charge in [-0.15, -0.1) is 0 Å². The third-order valence-electron chi connectivity index (χ3n) is 4.85. The Morgan fingerprint density at radius 3 is 2.54 bits per heavy atom. The van der Waals surface area contributed by atoms with E-state index in [1.807, 2.05) is 11.0 Å². The van der Waals surface area contributed by atoms with Crippen molar-refractivity contribution in [2.24, 2.45) is 4.99 Å². The molecule has 0 atom stereocenters. The second-order valence-corrected chi connectivity index (χ2v) is 7.39. The maximum absolute atomic E-state index is 11.7. The fourth-order valence-electron chi connectivity index (χ4n) is 3.12. The Balaban J connectivity index is 1.45. The van der Waals surface area contributed by atoms with Gasteiger partial charge in [0.2, 0.25) is 5.91 Å². The topological polar surface area (TPSA) is 82.8 Å². The summed E-state index contributed by atoms with van der Waals surface area (Å²) >= 11 is 0. The van der Waals surface area contributed by atoms with E-state index in [1.165, 1.54) is 0 Å². The van der Waals surface area contributed by atoms with Crippen LogP contribution in [0.5, 0.6) is 0 Å². The predicted molar refractivity (Wildman–Crippen MR) is 109 cm³/mol. The molecule has 1 aliphatic heterocycles. The first-order valence-electron chi connectivity index (χ1n) is 9.80. The van der Waals surface area contributed by atoms with Gasteiger partial charge in [-0.25, -0.2) is 0 Å². The summed E-state index contributed by atoms with van der Waals surface area (Å²) in [6.07, 6.45) is 1.65. The molecule has 0 spiro atoms. The number of carbonyl (C=O) groups is 1. The number of likely N-dealkylation sites (tertiary alicyclic amines) is 1. The first-order valence-corrected chi connectivity index (χ1v) is 9.80. The third kappa shape index (κ3) is 5.34. The molecule has 7 nitrogen and oxygen atoms in total. The molecular weight excluding hydrogens is 354 g/mol. The van der Waals surface area contributed by atoms with E-state index < -0.39 is 0 Å². The monoisotopic (exact) mass is 383 g/mol. The quantitative estimate of drug-likeness (QED) is 0.567. The van der Waals surface area contributed by atoms with E-state index in [0.29, 0.717) is 37.9 Å². The molecule has 28 heavy (non-hydrogen) atoms. The Hall–Kier alpha value is -2.83. The van der Waals surface area contributed by atoms with Gasteiger partial charge < -0.3 is 20.1 Å². The fourth-order valence-corrected chi connectivity index (χ4v) is 3.12. The van der Waals surface area contributed by atoms with E-state index in [1.54, 1.807) is 7.05 Å². The summed E-state index contributed by atoms with van der Waals surface area (Å²) in [5.74, 6) is 2.09. The van der Waals surface area contributed by atoms with Gasteiger partial charge in [0, 0.05) is 39.2 Å². The highest BCUT2D eigenvalue weighted by Crippen LogP contribution is 2.15. The maximum atomic E-state index is 11.7. The lowest BCUT2D eigenvalue weighted by Gasteiger charge is -2.16. The summed E-state index contributed by atoms with van der Waals surface area (Å²) in [5.41, 5.74) is 3.27. The Labute approximate surface area is 166 Å². The molecule has 1 aliphatic rings. The van der Waals surface area contributed by atoms with Crippen molar-refractivity contribution in [3.63, 3.8) is 0 Å². The summed E-state index contributed by atoms with van der Waals surface area (Å²) in [5, 5.41) is 10.6. The van der Waals surface area contributed by atoms with Crippen LogP contribution in [0.25, 0.3) is 0 Å². The molecule has 0 saturated carbocycles. The van der Waals surface area contributed by atoms with Crippen LogP contribution in [0, 0.1) is 0 Å². The number of carbonyl (C=O) groups excluding carboxylic acids is 1. The first kappa shape index (κ1) is 19.9. The van der Waals surface area contributed by atoms with Crippen LogP contribution in [0.3, 0.4) is 0 Å². The van der Waals surface area contributed by atoms with E-state index in [-0.39, 0.29) is 5.91 Å². The van der Waals surface area contributed by atoms with Gasteiger partial charge in [-0.05, 0) is 23.5 Å². The second-order valence-electron chi connectivity index (χ2n) is 7.39. The molecule has 1 fully saturated rings. The van der Waals surface area contributed by atoms with Crippen molar-refractivity contribution in [3.05, 3.63) is 52.9 Å². The van der Waals surface area contributed by atoms with Crippen LogP contribution in [0.4, 0.5) is 0 Å². The minimum atomic E-state index is 0.257. The zero-order valence-electron chi connectivity index (χ0n) is 16.9. The maximum Gasteiger partial charge on any atom is 0.222 e. The number of aliphatic imine (C=N–C) groups is 1. The van der Waals surface area contributed by atoms with Gasteiger partial charge in [-0.2, -0.15) is 0 Å². The van der Waals surface area contributed by atoms with Crippen LogP contribution in [-0.4, -0.2) is 35.5 Å². The SMILES string of the molecule is CN=C(NCc1ccc(CN2CCCC2=O)cc1)NCc1cc(C(C)C)no1. The Morgan fingerprint density at radius 2 is 1.93 bits per heavy atom. The summed E-state index contributed by atoms with van der Waals surface area (Å²) in [6, 6.07) is 10.3. The number of guanidine groups is 1. The number of benzene rings is 1. The Kier molecular flexibility index (Phi) is 6.68. The molecule has 0 bridgehead atoms. The average molecular weight is 383 g/mol. The molecular formula is C21H29N5O2. The van der Waals surface area contributed by atoms with Gasteiger partial charge in [-0.3, -0.25) is 9.79 Å². The van der Waals surface area contributed by atoms with Crippen molar-refractivity contribution in [2.45, 2.75) is 52.2 Å². The van der Waals surface area contributed by atoms with Crippen molar-refractivity contribution in [3.8, 4) is 0 Å². The Morgan fingerprint density at radius 1 is 1.21 bits per heavy atom. The fraction of sp³-hybridized carbons (Fsp3) is 0.476. The largest absolute Gasteiger partial charge is 0.359 e. The van der Waals surface area contributed by atoms with E-state index in [9.17, 15) is 4.79 Å². The number of rotatable bonds is 7. The third-order valence-corrected chi connectivity index (χ3v) is 4.85. The van der Waals surface area contributed by atoms with Crippen LogP contribution >= 0.6 is 0 Å². The van der Waals surface area contributed by atoms with Crippen LogP contribution in [0.2, 0.25) is 0 Å². The van der Waals surface area contributed by atoms with Crippen LogP contribution < -0.4 is 10.6 Å². The molecule has 150 valence electrons. The molecule has 1 aromatic heterocycles. The number of nitrogens with one attached hydrogen (secondary N) is 2. The first-order chi connectivity index (χ1) is 13.5. The zero-order valence-corrected chi connectivity index (χ0v) is 16.9. The van der Waals surface area contributed by atoms with Crippen molar-refractivity contribution in [1.82, 2.24) is 20.7 Å². The molecule has 2 aromatic rings. The van der Waals surface area contributed by atoms with E-state index in [2.05, 4.69) is 58.9 Å². The Bertz CT molecular complexity index is 810. The molecule has 0 unspecified atom stereocenters. The number of nitrogens with zero attached hydrogens (tertiary/aromatic N) is 3. The molecule has 1 amide bonds. The van der Waals surface area contributed by atoms with E-state index in [4.69, 9.17) is 4.52 Å². The number of amides is 1. The van der Waals surface area contributed by atoms with Gasteiger partial charge in [0.05, 0.1) is 12.2 Å². The number of aromatic nitrogens is 1. The molecule has 2 N–H and O–H groups in total. The lowest BCUT2D eigenvalue weighted by molar-refractivity contribution is -0.128. The molecule has 0 radical (unpaired) electrons. The molecule has 0 aliphatic carbocycles. The molecule has 2 heterocycles. The predicted octanol–water partition coefficient (Wildman–Crippen LogP) is 2.79. The highest BCUT2D eigenvalue weighted by atomic mass is 16.5. The van der Waals surface area contributed by atoms with Crippen LogP contribution in [0.15, 0.2) is 39.8 Å². The smallest absolute Gasteiger partial charge is 0.222 e. The van der Waals surface area contributed by atoms with E-state index in [0.717, 1.165) is 35.5 Å². The molecule has 3 rings (SSSR count). The highest BCUT2D eigenvalue weighted by Gasteiger charge is 2.19. The van der Waals surface area contributed by atoms with Crippen LogP contribution in [0.1, 0.15) is 55.2 Å². The van der Waals surface area contributed by atoms with Gasteiger partial charge in [0.25, 0.3) is 0 Å². The van der Waals surface area contributed by atoms with Gasteiger partial charge in [-0.1, -0.05) is 43.3 Å². The average Bonchev–Trinajstić information content (AvgIpc) is 3.33. The summed E-state index contributed by atoms with van der Waals surface area (Å²) in [4.78, 5) is 17.9. The lowest BCUT2D eigenvalue weighted by atomic mass is 10.1. The minimum Gasteiger partial charge on any atom is -0.359 e. The minimum absolute atomic E-state index is 0.257. The molecule has 1 aromatic carbocycles. The zero-order chi connectivity index (χ0) is 19.9. The van der Waals surface area contributed by atoms with Crippen molar-refractivity contribution in [2.75, 3.05) is 13.6 Å². The second kappa shape index (κ2) is 9.39. The molecule has 7 heteroatoms. The van der Waals surface area contributed by atoms with Gasteiger partial charge in [0.15, 0.2) is 11.7 Å². The number of hydrogen-bond acceptors (Lipinski definition) is 4. The van der Waals surface area contributed by atoms with E-state index >= 15 is 0 Å². The summed E-state index contributed by atoms with van der Waals surface area (Å²) in [6.45, 7) is 6.94.